The van der Waals surface area contributed by atoms with Crippen molar-refractivity contribution in [3.8, 4) is 0 Å². The smallest absolute Gasteiger partial charge is 0.240 e. The van der Waals surface area contributed by atoms with Gasteiger partial charge < -0.3 is 10.6 Å². The zero-order valence-electron chi connectivity index (χ0n) is 15.8. The Kier molecular flexibility index (Phi) is 6.93. The largest absolute Gasteiger partial charge is 0.356 e. The van der Waals surface area contributed by atoms with Gasteiger partial charge >= 0.3 is 0 Å². The number of nitrogens with one attached hydrogen (secondary N) is 3. The Morgan fingerprint density at radius 1 is 1.04 bits per heavy atom. The van der Waals surface area contributed by atoms with Gasteiger partial charge in [-0.2, -0.15) is 0 Å². The third-order valence-electron chi connectivity index (χ3n) is 4.44. The Balaban J connectivity index is 1.46. The third-order valence-corrected chi connectivity index (χ3v) is 6.22. The minimum absolute atomic E-state index is 0.105. The first-order chi connectivity index (χ1) is 13.5. The van der Waals surface area contributed by atoms with Crippen LogP contribution in [0, 0.1) is 0 Å². The van der Waals surface area contributed by atoms with E-state index in [1.54, 1.807) is 19.2 Å². The highest BCUT2D eigenvalue weighted by atomic mass is 35.5. The molecule has 6 nitrogen and oxygen atoms in total. The lowest BCUT2D eigenvalue weighted by Gasteiger charge is -2.12. The molecule has 1 fully saturated rings. The van der Waals surface area contributed by atoms with E-state index in [1.165, 1.54) is 5.56 Å². The van der Waals surface area contributed by atoms with Gasteiger partial charge in [-0.3, -0.25) is 4.99 Å². The zero-order chi connectivity index (χ0) is 20.0. The van der Waals surface area contributed by atoms with E-state index < -0.39 is 10.0 Å². The van der Waals surface area contributed by atoms with Crippen LogP contribution in [0.25, 0.3) is 0 Å². The molecule has 0 unspecified atom stereocenters. The molecule has 0 atom stereocenters. The molecule has 2 aromatic rings. The van der Waals surface area contributed by atoms with E-state index in [-0.39, 0.29) is 6.04 Å². The van der Waals surface area contributed by atoms with Crippen LogP contribution in [-0.4, -0.2) is 34.0 Å². The fourth-order valence-electron chi connectivity index (χ4n) is 2.66. The number of hydrogen-bond acceptors (Lipinski definition) is 3. The molecule has 0 aromatic heterocycles. The van der Waals surface area contributed by atoms with Crippen molar-refractivity contribution in [2.75, 3.05) is 13.6 Å². The highest BCUT2D eigenvalue weighted by Crippen LogP contribution is 2.22. The van der Waals surface area contributed by atoms with Gasteiger partial charge in [0.15, 0.2) is 5.96 Å². The number of guanidine groups is 1. The predicted octanol–water partition coefficient (Wildman–Crippen LogP) is 2.69. The Hall–Kier alpha value is -2.09. The molecule has 1 saturated carbocycles. The number of benzene rings is 2. The SMILES string of the molecule is CN=C(NCCc1ccc(Cl)cc1)NCc1ccc(S(=O)(=O)NC2CC2)cc1. The first-order valence-electron chi connectivity index (χ1n) is 9.26. The van der Waals surface area contributed by atoms with Gasteiger partial charge in [0.2, 0.25) is 10.0 Å². The quantitative estimate of drug-likeness (QED) is 0.453. The number of nitrogens with zero attached hydrogens (tertiary/aromatic N) is 1. The summed E-state index contributed by atoms with van der Waals surface area (Å²) in [6.45, 7) is 1.29. The predicted molar refractivity (Wildman–Crippen MR) is 113 cm³/mol. The number of halogens is 1. The zero-order valence-corrected chi connectivity index (χ0v) is 17.4. The molecule has 1 aliphatic carbocycles. The van der Waals surface area contributed by atoms with Crippen LogP contribution < -0.4 is 15.4 Å². The fourth-order valence-corrected chi connectivity index (χ4v) is 4.09. The maximum atomic E-state index is 12.2. The molecule has 3 N–H and O–H groups in total. The average Bonchev–Trinajstić information content (AvgIpc) is 3.49. The molecule has 0 saturated heterocycles. The van der Waals surface area contributed by atoms with E-state index in [4.69, 9.17) is 11.6 Å². The highest BCUT2D eigenvalue weighted by molar-refractivity contribution is 7.89. The van der Waals surface area contributed by atoms with Crippen molar-refractivity contribution in [3.05, 3.63) is 64.7 Å². The van der Waals surface area contributed by atoms with E-state index in [1.807, 2.05) is 36.4 Å². The number of sulfonamides is 1. The van der Waals surface area contributed by atoms with Gasteiger partial charge in [0, 0.05) is 31.2 Å². The Morgan fingerprint density at radius 3 is 2.29 bits per heavy atom. The molecular weight excluding hydrogens is 396 g/mol. The Morgan fingerprint density at radius 2 is 1.68 bits per heavy atom. The summed E-state index contributed by atoms with van der Waals surface area (Å²) in [5, 5.41) is 7.23. The van der Waals surface area contributed by atoms with Crippen LogP contribution in [0.3, 0.4) is 0 Å². The molecule has 0 bridgehead atoms. The molecule has 0 spiro atoms. The molecule has 2 aromatic carbocycles. The van der Waals surface area contributed by atoms with Crippen molar-refractivity contribution in [1.29, 1.82) is 0 Å². The summed E-state index contributed by atoms with van der Waals surface area (Å²) >= 11 is 5.90. The van der Waals surface area contributed by atoms with Crippen LogP contribution in [0.5, 0.6) is 0 Å². The molecular formula is C20H25ClN4O2S. The first kappa shape index (κ1) is 20.6. The second kappa shape index (κ2) is 9.41. The summed E-state index contributed by atoms with van der Waals surface area (Å²) < 4.78 is 27.1. The van der Waals surface area contributed by atoms with Gasteiger partial charge in [-0.25, -0.2) is 13.1 Å². The van der Waals surface area contributed by atoms with Crippen LogP contribution in [0.1, 0.15) is 24.0 Å². The van der Waals surface area contributed by atoms with Crippen molar-refractivity contribution in [3.63, 3.8) is 0 Å². The fraction of sp³-hybridized carbons (Fsp3) is 0.350. The molecule has 150 valence electrons. The van der Waals surface area contributed by atoms with Gasteiger partial charge in [0.05, 0.1) is 4.90 Å². The van der Waals surface area contributed by atoms with Crippen molar-refractivity contribution < 1.29 is 8.42 Å². The van der Waals surface area contributed by atoms with Crippen molar-refractivity contribution in [2.24, 2.45) is 4.99 Å². The van der Waals surface area contributed by atoms with E-state index in [9.17, 15) is 8.42 Å². The van der Waals surface area contributed by atoms with Gasteiger partial charge in [-0.15, -0.1) is 0 Å². The van der Waals surface area contributed by atoms with Gasteiger partial charge in [-0.1, -0.05) is 35.9 Å². The minimum Gasteiger partial charge on any atom is -0.356 e. The molecule has 1 aliphatic rings. The van der Waals surface area contributed by atoms with Crippen molar-refractivity contribution in [1.82, 2.24) is 15.4 Å². The van der Waals surface area contributed by atoms with E-state index in [0.717, 1.165) is 36.4 Å². The van der Waals surface area contributed by atoms with Crippen molar-refractivity contribution >= 4 is 27.6 Å². The summed E-state index contributed by atoms with van der Waals surface area (Å²) in [6, 6.07) is 14.8. The normalized spacial score (nSPS) is 14.7. The number of hydrogen-bond donors (Lipinski definition) is 3. The van der Waals surface area contributed by atoms with Gasteiger partial charge in [0.25, 0.3) is 0 Å². The monoisotopic (exact) mass is 420 g/mol. The molecule has 0 radical (unpaired) electrons. The summed E-state index contributed by atoms with van der Waals surface area (Å²) in [4.78, 5) is 4.51. The highest BCUT2D eigenvalue weighted by Gasteiger charge is 2.27. The summed E-state index contributed by atoms with van der Waals surface area (Å²) in [6.07, 6.45) is 2.70. The van der Waals surface area contributed by atoms with Gasteiger partial charge in [-0.05, 0) is 54.7 Å². The lowest BCUT2D eigenvalue weighted by atomic mass is 10.1. The van der Waals surface area contributed by atoms with Gasteiger partial charge in [0.1, 0.15) is 0 Å². The summed E-state index contributed by atoms with van der Waals surface area (Å²) in [5.41, 5.74) is 2.18. The Bertz CT molecular complexity index is 908. The molecule has 0 heterocycles. The maximum Gasteiger partial charge on any atom is 0.240 e. The van der Waals surface area contributed by atoms with Crippen LogP contribution in [0.4, 0.5) is 0 Å². The van der Waals surface area contributed by atoms with Crippen LogP contribution >= 0.6 is 11.6 Å². The second-order valence-corrected chi connectivity index (χ2v) is 8.92. The van der Waals surface area contributed by atoms with E-state index in [0.29, 0.717) is 17.4 Å². The lowest BCUT2D eigenvalue weighted by molar-refractivity contribution is 0.581. The number of rotatable bonds is 8. The van der Waals surface area contributed by atoms with Crippen LogP contribution in [0.15, 0.2) is 58.4 Å². The topological polar surface area (TPSA) is 82.6 Å². The molecule has 28 heavy (non-hydrogen) atoms. The summed E-state index contributed by atoms with van der Waals surface area (Å²) in [5.74, 6) is 0.695. The number of aliphatic imine (C=N–C) groups is 1. The molecule has 0 amide bonds. The standard InChI is InChI=1S/C20H25ClN4O2S/c1-22-20(23-13-12-15-2-6-17(21)7-3-15)24-14-16-4-10-19(11-5-16)28(26,27)25-18-8-9-18/h2-7,10-11,18,25H,8-9,12-14H2,1H3,(H2,22,23,24). The average molecular weight is 421 g/mol. The van der Waals surface area contributed by atoms with Crippen LogP contribution in [0.2, 0.25) is 5.02 Å². The minimum atomic E-state index is -3.41. The molecule has 8 heteroatoms. The van der Waals surface area contributed by atoms with E-state index in [2.05, 4.69) is 20.3 Å². The maximum absolute atomic E-state index is 12.2. The molecule has 0 aliphatic heterocycles. The van der Waals surface area contributed by atoms with Crippen LogP contribution in [-0.2, 0) is 23.0 Å². The second-order valence-electron chi connectivity index (χ2n) is 6.77. The lowest BCUT2D eigenvalue weighted by Crippen LogP contribution is -2.37. The molecule has 3 rings (SSSR count). The third kappa shape index (κ3) is 6.22. The van der Waals surface area contributed by atoms with Crippen molar-refractivity contribution in [2.45, 2.75) is 36.7 Å². The van der Waals surface area contributed by atoms with E-state index >= 15 is 0 Å². The Labute approximate surface area is 171 Å². The first-order valence-corrected chi connectivity index (χ1v) is 11.1. The summed E-state index contributed by atoms with van der Waals surface area (Å²) in [7, 11) is -1.69.